The van der Waals surface area contributed by atoms with Crippen LogP contribution in [-0.2, 0) is 0 Å². The molecule has 2 nitrogen and oxygen atoms in total. The third-order valence-corrected chi connectivity index (χ3v) is 4.58. The van der Waals surface area contributed by atoms with Gasteiger partial charge < -0.3 is 0 Å². The quantitative estimate of drug-likeness (QED) is 0.687. The van der Waals surface area contributed by atoms with Crippen molar-refractivity contribution in [1.29, 1.82) is 5.26 Å². The molecule has 0 amide bonds. The molecule has 0 N–H and O–H groups in total. The fourth-order valence-corrected chi connectivity index (χ4v) is 3.43. The van der Waals surface area contributed by atoms with Crippen LogP contribution >= 0.6 is 0 Å². The molecule has 0 saturated heterocycles. The third kappa shape index (κ3) is 2.29. The molecule has 1 aliphatic heterocycles. The zero-order valence-corrected chi connectivity index (χ0v) is 12.0. The van der Waals surface area contributed by atoms with E-state index in [9.17, 15) is 5.26 Å². The molecule has 2 heteroatoms. The Morgan fingerprint density at radius 2 is 1.95 bits per heavy atom. The highest BCUT2D eigenvalue weighted by Gasteiger charge is 2.30. The molecule has 0 aromatic rings. The van der Waals surface area contributed by atoms with Gasteiger partial charge in [0.2, 0.25) is 0 Å². The van der Waals surface area contributed by atoms with Crippen LogP contribution in [0.1, 0.15) is 39.0 Å². The summed E-state index contributed by atoms with van der Waals surface area (Å²) >= 11 is 0. The van der Waals surface area contributed by atoms with Crippen molar-refractivity contribution in [3.05, 3.63) is 47.2 Å². The maximum absolute atomic E-state index is 9.58. The second-order valence-corrected chi connectivity index (χ2v) is 5.83. The molecule has 3 rings (SSSR count). The van der Waals surface area contributed by atoms with Gasteiger partial charge in [0.1, 0.15) is 0 Å². The minimum absolute atomic E-state index is 0.164. The third-order valence-electron chi connectivity index (χ3n) is 4.58. The van der Waals surface area contributed by atoms with Gasteiger partial charge in [0.25, 0.3) is 0 Å². The van der Waals surface area contributed by atoms with Crippen LogP contribution in [0.25, 0.3) is 0 Å². The molecule has 0 aromatic carbocycles. The van der Waals surface area contributed by atoms with Crippen LogP contribution in [0.3, 0.4) is 0 Å². The number of aliphatic imine (C=N–C) groups is 1. The van der Waals surface area contributed by atoms with E-state index in [2.05, 4.69) is 25.1 Å². The first-order valence-electron chi connectivity index (χ1n) is 7.59. The minimum Gasteiger partial charge on any atom is -0.252 e. The zero-order chi connectivity index (χ0) is 13.9. The number of allylic oxidation sites excluding steroid dienone is 8. The van der Waals surface area contributed by atoms with Crippen LogP contribution in [0.2, 0.25) is 0 Å². The lowest BCUT2D eigenvalue weighted by atomic mass is 9.79. The summed E-state index contributed by atoms with van der Waals surface area (Å²) in [5, 5.41) is 9.58. The van der Waals surface area contributed by atoms with Crippen LogP contribution in [0, 0.1) is 23.2 Å². The second kappa shape index (κ2) is 5.63. The maximum atomic E-state index is 9.58. The van der Waals surface area contributed by atoms with Crippen molar-refractivity contribution in [1.82, 2.24) is 0 Å². The van der Waals surface area contributed by atoms with E-state index in [0.717, 1.165) is 17.0 Å². The molecule has 1 heterocycles. The van der Waals surface area contributed by atoms with Gasteiger partial charge in [0, 0.05) is 11.8 Å². The van der Waals surface area contributed by atoms with E-state index < -0.39 is 0 Å². The molecular weight excluding hydrogens is 244 g/mol. The van der Waals surface area contributed by atoms with Gasteiger partial charge >= 0.3 is 0 Å². The van der Waals surface area contributed by atoms with E-state index in [1.807, 2.05) is 18.2 Å². The van der Waals surface area contributed by atoms with Gasteiger partial charge in [-0.05, 0) is 24.5 Å². The average Bonchev–Trinajstić information content (AvgIpc) is 2.73. The Hall–Kier alpha value is -1.88. The van der Waals surface area contributed by atoms with Gasteiger partial charge in [-0.1, -0.05) is 50.5 Å². The van der Waals surface area contributed by atoms with Gasteiger partial charge in [-0.2, -0.15) is 5.26 Å². The van der Waals surface area contributed by atoms with Gasteiger partial charge in [0.15, 0.2) is 0 Å². The van der Waals surface area contributed by atoms with Gasteiger partial charge in [-0.15, -0.1) is 0 Å². The van der Waals surface area contributed by atoms with Crippen molar-refractivity contribution in [2.75, 3.05) is 0 Å². The van der Waals surface area contributed by atoms with E-state index in [4.69, 9.17) is 4.99 Å². The van der Waals surface area contributed by atoms with Crippen molar-refractivity contribution >= 4 is 5.71 Å². The summed E-state index contributed by atoms with van der Waals surface area (Å²) in [6, 6.07) is 2.44. The van der Waals surface area contributed by atoms with Crippen LogP contribution in [0.5, 0.6) is 0 Å². The Balaban J connectivity index is 2.05. The van der Waals surface area contributed by atoms with Crippen molar-refractivity contribution in [3.63, 3.8) is 0 Å². The first-order valence-corrected chi connectivity index (χ1v) is 7.59. The molecule has 20 heavy (non-hydrogen) atoms. The Labute approximate surface area is 120 Å². The van der Waals surface area contributed by atoms with Crippen molar-refractivity contribution < 1.29 is 0 Å². The number of hydrogen-bond acceptors (Lipinski definition) is 2. The average molecular weight is 264 g/mol. The number of nitriles is 1. The van der Waals surface area contributed by atoms with Crippen LogP contribution in [-0.4, -0.2) is 5.71 Å². The normalized spacial score (nSPS) is 26.5. The van der Waals surface area contributed by atoms with Crippen LogP contribution in [0.15, 0.2) is 52.2 Å². The molecule has 102 valence electrons. The minimum atomic E-state index is 0.164. The molecule has 3 aliphatic rings. The molecule has 1 unspecified atom stereocenters. The Morgan fingerprint density at radius 3 is 2.70 bits per heavy atom. The highest BCUT2D eigenvalue weighted by atomic mass is 14.8. The lowest BCUT2D eigenvalue weighted by Crippen LogP contribution is -2.21. The van der Waals surface area contributed by atoms with Gasteiger partial charge in [-0.25, -0.2) is 0 Å². The molecule has 1 saturated carbocycles. The van der Waals surface area contributed by atoms with Crippen LogP contribution in [0.4, 0.5) is 0 Å². The van der Waals surface area contributed by atoms with Gasteiger partial charge in [-0.3, -0.25) is 4.99 Å². The fraction of sp³-hybridized carbons (Fsp3) is 0.444. The standard InChI is InChI=1S/C18H20N2/c1-13-15-10-6-3-7-11-17(15)20-18(16(13)12-19)14-8-4-2-5-9-14/h3,6-7,10-11,13-14H,2,4-5,8-9H2,1H3. The number of fused-ring (bicyclic) bond motifs is 1. The van der Waals surface area contributed by atoms with E-state index in [1.165, 1.54) is 37.7 Å². The molecule has 0 spiro atoms. The summed E-state index contributed by atoms with van der Waals surface area (Å²) in [5.41, 5.74) is 4.17. The summed E-state index contributed by atoms with van der Waals surface area (Å²) in [5.74, 6) is 0.649. The van der Waals surface area contributed by atoms with Crippen molar-refractivity contribution in [2.24, 2.45) is 16.8 Å². The highest BCUT2D eigenvalue weighted by molar-refractivity contribution is 6.11. The van der Waals surface area contributed by atoms with E-state index >= 15 is 0 Å². The summed E-state index contributed by atoms with van der Waals surface area (Å²) in [6.45, 7) is 2.13. The summed E-state index contributed by atoms with van der Waals surface area (Å²) in [7, 11) is 0. The second-order valence-electron chi connectivity index (χ2n) is 5.83. The SMILES string of the molecule is CC1C2=CC=CC=CC2=NC(C2CCCCC2)=C1C#N. The van der Waals surface area contributed by atoms with Crippen molar-refractivity contribution in [3.8, 4) is 6.07 Å². The molecule has 0 aromatic heterocycles. The number of hydrogen-bond donors (Lipinski definition) is 0. The highest BCUT2D eigenvalue weighted by Crippen LogP contribution is 2.39. The maximum Gasteiger partial charge on any atom is 0.0972 e. The first kappa shape index (κ1) is 13.1. The predicted molar refractivity (Wildman–Crippen MR) is 82.2 cm³/mol. The predicted octanol–water partition coefficient (Wildman–Crippen LogP) is 4.49. The smallest absolute Gasteiger partial charge is 0.0972 e. The summed E-state index contributed by atoms with van der Waals surface area (Å²) in [4.78, 5) is 4.87. The number of nitrogens with zero attached hydrogens (tertiary/aromatic N) is 2. The molecule has 1 atom stereocenters. The van der Waals surface area contributed by atoms with Crippen LogP contribution < -0.4 is 0 Å². The van der Waals surface area contributed by atoms with Gasteiger partial charge in [0.05, 0.1) is 23.1 Å². The lowest BCUT2D eigenvalue weighted by molar-refractivity contribution is 0.396. The summed E-state index contributed by atoms with van der Waals surface area (Å²) in [6.07, 6.45) is 16.5. The molecule has 1 fully saturated rings. The van der Waals surface area contributed by atoms with E-state index in [0.29, 0.717) is 5.92 Å². The molecule has 0 bridgehead atoms. The Bertz CT molecular complexity index is 587. The molecule has 2 aliphatic carbocycles. The fourth-order valence-electron chi connectivity index (χ4n) is 3.43. The lowest BCUT2D eigenvalue weighted by Gasteiger charge is -2.29. The topological polar surface area (TPSA) is 36.1 Å². The first-order chi connectivity index (χ1) is 9.81. The Kier molecular flexibility index (Phi) is 3.69. The van der Waals surface area contributed by atoms with E-state index in [-0.39, 0.29) is 5.92 Å². The van der Waals surface area contributed by atoms with E-state index in [1.54, 1.807) is 0 Å². The largest absolute Gasteiger partial charge is 0.252 e. The van der Waals surface area contributed by atoms with Crippen molar-refractivity contribution in [2.45, 2.75) is 39.0 Å². The summed E-state index contributed by atoms with van der Waals surface area (Å²) < 4.78 is 0. The zero-order valence-electron chi connectivity index (χ0n) is 12.0. The molecular formula is C18H20N2. The number of rotatable bonds is 1. The monoisotopic (exact) mass is 264 g/mol. The molecule has 0 radical (unpaired) electrons. The Morgan fingerprint density at radius 1 is 1.15 bits per heavy atom.